The Morgan fingerprint density at radius 1 is 1.19 bits per heavy atom. The van der Waals surface area contributed by atoms with Gasteiger partial charge in [0.05, 0.1) is 18.2 Å². The van der Waals surface area contributed by atoms with Crippen LogP contribution in [0.3, 0.4) is 0 Å². The standard InChI is InChI=1S/C24H29N3O4S/c1-24(2,3)31-23(30)26-19-10-9-15-6-4-7-16-12-17(27(21(15)16)22(19)29)14-25-20(28)13-18-8-5-11-32-18/h4-8,11,17,19H,9-10,12-14H2,1-3H3,(H,25,28)(H,26,30)/t17-,19?/m0/s1. The number of benzene rings is 1. The third kappa shape index (κ3) is 4.96. The second kappa shape index (κ2) is 8.94. The van der Waals surface area contributed by atoms with Crippen LogP contribution in [-0.4, -0.2) is 42.1 Å². The average molecular weight is 456 g/mol. The molecule has 0 saturated heterocycles. The number of thiophene rings is 1. The number of aryl methyl sites for hydroxylation is 1. The largest absolute Gasteiger partial charge is 0.444 e. The molecular weight excluding hydrogens is 426 g/mol. The SMILES string of the molecule is CC(C)(C)OC(=O)NC1CCc2cccc3c2N(C1=O)[C@H](CNC(=O)Cc1cccs1)C3. The van der Waals surface area contributed by atoms with Gasteiger partial charge in [-0.1, -0.05) is 24.3 Å². The first-order chi connectivity index (χ1) is 15.2. The number of rotatable bonds is 5. The normalized spacial score (nSPS) is 19.8. The summed E-state index contributed by atoms with van der Waals surface area (Å²) >= 11 is 1.55. The fourth-order valence-corrected chi connectivity index (χ4v) is 5.05. The van der Waals surface area contributed by atoms with Crippen molar-refractivity contribution < 1.29 is 19.1 Å². The van der Waals surface area contributed by atoms with Gasteiger partial charge < -0.3 is 20.3 Å². The van der Waals surface area contributed by atoms with Gasteiger partial charge in [0, 0.05) is 11.4 Å². The van der Waals surface area contributed by atoms with Gasteiger partial charge in [-0.2, -0.15) is 0 Å². The van der Waals surface area contributed by atoms with Gasteiger partial charge in [0.1, 0.15) is 11.6 Å². The third-order valence-electron chi connectivity index (χ3n) is 5.64. The summed E-state index contributed by atoms with van der Waals surface area (Å²) in [5, 5.41) is 7.71. The van der Waals surface area contributed by atoms with Crippen molar-refractivity contribution in [3.8, 4) is 0 Å². The molecule has 170 valence electrons. The zero-order valence-corrected chi connectivity index (χ0v) is 19.5. The van der Waals surface area contributed by atoms with Gasteiger partial charge in [-0.05, 0) is 62.6 Å². The van der Waals surface area contributed by atoms with Crippen LogP contribution in [0.5, 0.6) is 0 Å². The van der Waals surface area contributed by atoms with Crippen molar-refractivity contribution in [3.63, 3.8) is 0 Å². The Morgan fingerprint density at radius 3 is 2.69 bits per heavy atom. The predicted octanol–water partition coefficient (Wildman–Crippen LogP) is 3.20. The third-order valence-corrected chi connectivity index (χ3v) is 6.52. The maximum Gasteiger partial charge on any atom is 0.408 e. The first-order valence-electron chi connectivity index (χ1n) is 10.9. The van der Waals surface area contributed by atoms with Gasteiger partial charge >= 0.3 is 6.09 Å². The van der Waals surface area contributed by atoms with Crippen LogP contribution in [0.25, 0.3) is 0 Å². The molecule has 32 heavy (non-hydrogen) atoms. The van der Waals surface area contributed by atoms with Gasteiger partial charge in [-0.3, -0.25) is 9.59 Å². The molecule has 1 unspecified atom stereocenters. The smallest absolute Gasteiger partial charge is 0.408 e. The fourth-order valence-electron chi connectivity index (χ4n) is 4.34. The van der Waals surface area contributed by atoms with Crippen LogP contribution >= 0.6 is 11.3 Å². The second-order valence-corrected chi connectivity index (χ2v) is 10.3. The van der Waals surface area contributed by atoms with Crippen LogP contribution in [0, 0.1) is 0 Å². The number of para-hydroxylation sites is 1. The molecule has 8 heteroatoms. The number of hydrogen-bond donors (Lipinski definition) is 2. The molecule has 4 rings (SSSR count). The lowest BCUT2D eigenvalue weighted by Gasteiger charge is -2.29. The predicted molar refractivity (Wildman–Crippen MR) is 124 cm³/mol. The van der Waals surface area contributed by atoms with Crippen molar-refractivity contribution in [2.24, 2.45) is 0 Å². The lowest BCUT2D eigenvalue weighted by Crippen LogP contribution is -2.53. The van der Waals surface area contributed by atoms with E-state index < -0.39 is 17.7 Å². The Balaban J connectivity index is 1.49. The lowest BCUT2D eigenvalue weighted by atomic mass is 10.0. The van der Waals surface area contributed by atoms with Crippen LogP contribution in [0.2, 0.25) is 0 Å². The summed E-state index contributed by atoms with van der Waals surface area (Å²) in [4.78, 5) is 41.1. The molecule has 0 aliphatic carbocycles. The Morgan fingerprint density at radius 2 is 1.97 bits per heavy atom. The second-order valence-electron chi connectivity index (χ2n) is 9.29. The first kappa shape index (κ1) is 22.3. The summed E-state index contributed by atoms with van der Waals surface area (Å²) in [6.45, 7) is 5.74. The zero-order valence-electron chi connectivity index (χ0n) is 18.6. The van der Waals surface area contributed by atoms with Crippen LogP contribution in [0.15, 0.2) is 35.7 Å². The van der Waals surface area contributed by atoms with E-state index in [2.05, 4.69) is 10.6 Å². The van der Waals surface area contributed by atoms with Crippen LogP contribution < -0.4 is 15.5 Å². The molecule has 1 aromatic carbocycles. The quantitative estimate of drug-likeness (QED) is 0.725. The fraction of sp³-hybridized carbons (Fsp3) is 0.458. The minimum atomic E-state index is -0.674. The number of hydrogen-bond acceptors (Lipinski definition) is 5. The Hall–Kier alpha value is -2.87. The molecule has 0 spiro atoms. The number of anilines is 1. The van der Waals surface area contributed by atoms with E-state index in [4.69, 9.17) is 4.74 Å². The molecule has 0 bridgehead atoms. The Bertz CT molecular complexity index is 1010. The number of nitrogens with one attached hydrogen (secondary N) is 2. The van der Waals surface area contributed by atoms with E-state index in [-0.39, 0.29) is 17.9 Å². The maximum atomic E-state index is 13.5. The van der Waals surface area contributed by atoms with Gasteiger partial charge in [-0.25, -0.2) is 4.79 Å². The van der Waals surface area contributed by atoms with Crippen LogP contribution in [-0.2, 0) is 33.6 Å². The molecule has 0 radical (unpaired) electrons. The van der Waals surface area contributed by atoms with Crippen molar-refractivity contribution in [1.82, 2.24) is 10.6 Å². The van der Waals surface area contributed by atoms with Gasteiger partial charge in [0.2, 0.25) is 11.8 Å². The summed E-state index contributed by atoms with van der Waals surface area (Å²) in [6.07, 6.45) is 1.60. The van der Waals surface area contributed by atoms with Crippen molar-refractivity contribution in [3.05, 3.63) is 51.7 Å². The van der Waals surface area contributed by atoms with E-state index in [9.17, 15) is 14.4 Å². The number of nitrogens with zero attached hydrogens (tertiary/aromatic N) is 1. The molecule has 2 aliphatic heterocycles. The van der Waals surface area contributed by atoms with Gasteiger partial charge in [-0.15, -0.1) is 11.3 Å². The summed E-state index contributed by atoms with van der Waals surface area (Å²) in [7, 11) is 0. The minimum absolute atomic E-state index is 0.0608. The Kier molecular flexibility index (Phi) is 6.24. The summed E-state index contributed by atoms with van der Waals surface area (Å²) in [5.74, 6) is -0.216. The highest BCUT2D eigenvalue weighted by atomic mass is 32.1. The molecule has 2 aliphatic rings. The van der Waals surface area contributed by atoms with E-state index in [0.29, 0.717) is 32.2 Å². The van der Waals surface area contributed by atoms with Gasteiger partial charge in [0.25, 0.3) is 0 Å². The summed E-state index contributed by atoms with van der Waals surface area (Å²) < 4.78 is 5.37. The molecule has 2 atom stereocenters. The molecule has 0 fully saturated rings. The van der Waals surface area contributed by atoms with E-state index >= 15 is 0 Å². The Labute approximate surface area is 192 Å². The van der Waals surface area contributed by atoms with Crippen molar-refractivity contribution >= 4 is 34.9 Å². The molecule has 2 N–H and O–H groups in total. The van der Waals surface area contributed by atoms with Crippen molar-refractivity contribution in [2.75, 3.05) is 11.4 Å². The first-order valence-corrected chi connectivity index (χ1v) is 11.8. The number of alkyl carbamates (subject to hydrolysis) is 1. The topological polar surface area (TPSA) is 87.7 Å². The van der Waals surface area contributed by atoms with E-state index in [0.717, 1.165) is 21.7 Å². The minimum Gasteiger partial charge on any atom is -0.444 e. The number of amides is 3. The molecule has 2 aromatic rings. The highest BCUT2D eigenvalue weighted by Crippen LogP contribution is 2.38. The van der Waals surface area contributed by atoms with E-state index in [1.165, 1.54) is 0 Å². The highest BCUT2D eigenvalue weighted by molar-refractivity contribution is 7.10. The number of carbonyl (C=O) groups is 3. The number of carbonyl (C=O) groups excluding carboxylic acids is 3. The molecule has 0 saturated carbocycles. The van der Waals surface area contributed by atoms with Gasteiger partial charge in [0.15, 0.2) is 0 Å². The maximum absolute atomic E-state index is 13.5. The molecule has 3 amide bonds. The average Bonchev–Trinajstić information content (AvgIpc) is 3.32. The molecule has 3 heterocycles. The van der Waals surface area contributed by atoms with E-state index in [1.54, 1.807) is 37.0 Å². The zero-order chi connectivity index (χ0) is 22.9. The summed E-state index contributed by atoms with van der Waals surface area (Å²) in [6, 6.07) is 9.08. The van der Waals surface area contributed by atoms with Crippen molar-refractivity contribution in [1.29, 1.82) is 0 Å². The van der Waals surface area contributed by atoms with Crippen LogP contribution in [0.4, 0.5) is 10.5 Å². The lowest BCUT2D eigenvalue weighted by molar-refractivity contribution is -0.122. The van der Waals surface area contributed by atoms with Crippen molar-refractivity contribution in [2.45, 2.75) is 64.1 Å². The highest BCUT2D eigenvalue weighted by Gasteiger charge is 2.41. The number of ether oxygens (including phenoxy) is 1. The monoisotopic (exact) mass is 455 g/mol. The molecule has 7 nitrogen and oxygen atoms in total. The molecular formula is C24H29N3O4S. The summed E-state index contributed by atoms with van der Waals surface area (Å²) in [5.41, 5.74) is 2.49. The van der Waals surface area contributed by atoms with Crippen LogP contribution in [0.1, 0.15) is 43.2 Å². The molecule has 1 aromatic heterocycles. The van der Waals surface area contributed by atoms with E-state index in [1.807, 2.05) is 35.7 Å².